The third-order valence-electron chi connectivity index (χ3n) is 2.80. The molecule has 0 radical (unpaired) electrons. The van der Waals surface area contributed by atoms with E-state index >= 15 is 0 Å². The fraction of sp³-hybridized carbons (Fsp3) is 0. The third kappa shape index (κ3) is 2.27. The monoisotopic (exact) mass is 354 g/mol. The van der Waals surface area contributed by atoms with Crippen LogP contribution in [-0.2, 0) is 0 Å². The second kappa shape index (κ2) is 5.07. The number of fused-ring (bicyclic) bond motifs is 1. The molecule has 1 aromatic heterocycles. The molecule has 0 unspecified atom stereocenters. The number of aromatic nitrogens is 2. The van der Waals surface area contributed by atoms with Crippen molar-refractivity contribution in [2.24, 2.45) is 0 Å². The zero-order chi connectivity index (χ0) is 14.3. The molecule has 0 bridgehead atoms. The SMILES string of the molecule is Fc1cccc(-c2nc(Cl)c3ccc(Br)cc3n2)c1F. The lowest BCUT2D eigenvalue weighted by Crippen LogP contribution is -1.96. The van der Waals surface area contributed by atoms with Gasteiger partial charge in [0, 0.05) is 9.86 Å². The van der Waals surface area contributed by atoms with Crippen LogP contribution in [0.3, 0.4) is 0 Å². The topological polar surface area (TPSA) is 25.8 Å². The van der Waals surface area contributed by atoms with Gasteiger partial charge in [0.15, 0.2) is 17.5 Å². The van der Waals surface area contributed by atoms with Crippen molar-refractivity contribution in [1.82, 2.24) is 9.97 Å². The van der Waals surface area contributed by atoms with Crippen molar-refractivity contribution < 1.29 is 8.78 Å². The Balaban J connectivity index is 2.29. The molecule has 0 spiro atoms. The Kier molecular flexibility index (Phi) is 3.40. The average Bonchev–Trinajstić information content (AvgIpc) is 2.41. The number of benzene rings is 2. The maximum atomic E-state index is 13.8. The van der Waals surface area contributed by atoms with Gasteiger partial charge in [-0.15, -0.1) is 0 Å². The lowest BCUT2D eigenvalue weighted by molar-refractivity contribution is 0.510. The van der Waals surface area contributed by atoms with E-state index in [9.17, 15) is 8.78 Å². The van der Waals surface area contributed by atoms with E-state index in [4.69, 9.17) is 11.6 Å². The van der Waals surface area contributed by atoms with Crippen LogP contribution in [0.1, 0.15) is 0 Å². The van der Waals surface area contributed by atoms with Gasteiger partial charge < -0.3 is 0 Å². The van der Waals surface area contributed by atoms with E-state index in [1.165, 1.54) is 12.1 Å². The first kappa shape index (κ1) is 13.4. The Labute approximate surface area is 126 Å². The summed E-state index contributed by atoms with van der Waals surface area (Å²) in [6.07, 6.45) is 0. The fourth-order valence-corrected chi connectivity index (χ4v) is 2.45. The molecule has 0 aliphatic carbocycles. The minimum absolute atomic E-state index is 0.0197. The minimum atomic E-state index is -0.988. The quantitative estimate of drug-likeness (QED) is 0.575. The molecule has 0 N–H and O–H groups in total. The Morgan fingerprint density at radius 3 is 2.65 bits per heavy atom. The van der Waals surface area contributed by atoms with Gasteiger partial charge in [-0.2, -0.15) is 0 Å². The predicted octanol–water partition coefficient (Wildman–Crippen LogP) is 4.99. The summed E-state index contributed by atoms with van der Waals surface area (Å²) < 4.78 is 27.9. The molecular formula is C14H6BrClF2N2. The smallest absolute Gasteiger partial charge is 0.169 e. The molecule has 0 amide bonds. The molecule has 0 saturated carbocycles. The maximum Gasteiger partial charge on any atom is 0.169 e. The molecule has 0 aliphatic heterocycles. The van der Waals surface area contributed by atoms with E-state index in [0.29, 0.717) is 10.9 Å². The summed E-state index contributed by atoms with van der Waals surface area (Å²) in [5, 5.41) is 0.844. The number of halogens is 4. The molecule has 0 saturated heterocycles. The zero-order valence-corrected chi connectivity index (χ0v) is 12.2. The van der Waals surface area contributed by atoms with Crippen LogP contribution in [0.4, 0.5) is 8.78 Å². The first-order valence-electron chi connectivity index (χ1n) is 5.63. The molecule has 100 valence electrons. The van der Waals surface area contributed by atoms with Gasteiger partial charge in [-0.25, -0.2) is 18.7 Å². The molecule has 6 heteroatoms. The van der Waals surface area contributed by atoms with Crippen molar-refractivity contribution >= 4 is 38.4 Å². The maximum absolute atomic E-state index is 13.8. The Bertz CT molecular complexity index is 824. The lowest BCUT2D eigenvalue weighted by atomic mass is 10.1. The summed E-state index contributed by atoms with van der Waals surface area (Å²) in [6.45, 7) is 0. The largest absolute Gasteiger partial charge is 0.228 e. The van der Waals surface area contributed by atoms with Crippen molar-refractivity contribution in [2.45, 2.75) is 0 Å². The second-order valence-electron chi connectivity index (χ2n) is 4.10. The summed E-state index contributed by atoms with van der Waals surface area (Å²) in [4.78, 5) is 8.27. The molecular weight excluding hydrogens is 350 g/mol. The van der Waals surface area contributed by atoms with E-state index in [1.54, 1.807) is 18.2 Å². The fourth-order valence-electron chi connectivity index (χ4n) is 1.86. The number of nitrogens with zero attached hydrogens (tertiary/aromatic N) is 2. The van der Waals surface area contributed by atoms with E-state index < -0.39 is 11.6 Å². The molecule has 0 fully saturated rings. The molecule has 3 rings (SSSR count). The average molecular weight is 356 g/mol. The summed E-state index contributed by atoms with van der Waals surface area (Å²) in [6, 6.07) is 9.15. The van der Waals surface area contributed by atoms with Gasteiger partial charge in [-0.1, -0.05) is 33.6 Å². The molecule has 2 aromatic carbocycles. The van der Waals surface area contributed by atoms with Crippen LogP contribution in [-0.4, -0.2) is 9.97 Å². The molecule has 2 nitrogen and oxygen atoms in total. The normalized spacial score (nSPS) is 11.0. The van der Waals surface area contributed by atoms with Crippen LogP contribution in [0.2, 0.25) is 5.15 Å². The summed E-state index contributed by atoms with van der Waals surface area (Å²) in [7, 11) is 0. The van der Waals surface area contributed by atoms with Gasteiger partial charge in [0.2, 0.25) is 0 Å². The Morgan fingerprint density at radius 2 is 1.85 bits per heavy atom. The van der Waals surface area contributed by atoms with Crippen molar-refractivity contribution in [3.05, 3.63) is 57.7 Å². The van der Waals surface area contributed by atoms with Crippen molar-refractivity contribution in [2.75, 3.05) is 0 Å². The number of rotatable bonds is 1. The third-order valence-corrected chi connectivity index (χ3v) is 3.59. The molecule has 1 heterocycles. The minimum Gasteiger partial charge on any atom is -0.228 e. The van der Waals surface area contributed by atoms with E-state index in [2.05, 4.69) is 25.9 Å². The second-order valence-corrected chi connectivity index (χ2v) is 5.37. The van der Waals surface area contributed by atoms with E-state index in [-0.39, 0.29) is 16.5 Å². The molecule has 20 heavy (non-hydrogen) atoms. The lowest BCUT2D eigenvalue weighted by Gasteiger charge is -2.06. The van der Waals surface area contributed by atoms with Gasteiger partial charge in [-0.3, -0.25) is 0 Å². The summed E-state index contributed by atoms with van der Waals surface area (Å²) >= 11 is 9.40. The first-order chi connectivity index (χ1) is 9.56. The van der Waals surface area contributed by atoms with Crippen LogP contribution in [0.25, 0.3) is 22.3 Å². The summed E-state index contributed by atoms with van der Waals surface area (Å²) in [5.41, 5.74) is 0.534. The van der Waals surface area contributed by atoms with Crippen LogP contribution in [0.15, 0.2) is 40.9 Å². The summed E-state index contributed by atoms with van der Waals surface area (Å²) in [5.74, 6) is -1.88. The first-order valence-corrected chi connectivity index (χ1v) is 6.80. The highest BCUT2D eigenvalue weighted by Gasteiger charge is 2.14. The highest BCUT2D eigenvalue weighted by Crippen LogP contribution is 2.28. The van der Waals surface area contributed by atoms with Crippen LogP contribution >= 0.6 is 27.5 Å². The molecule has 3 aromatic rings. The molecule has 0 atom stereocenters. The standard InChI is InChI=1S/C14H6BrClF2N2/c15-7-4-5-8-11(6-7)19-14(20-13(8)16)9-2-1-3-10(17)12(9)18/h1-6H. The van der Waals surface area contributed by atoms with E-state index in [0.717, 1.165) is 10.5 Å². The highest BCUT2D eigenvalue weighted by molar-refractivity contribution is 9.10. The number of hydrogen-bond acceptors (Lipinski definition) is 2. The van der Waals surface area contributed by atoms with Crippen LogP contribution in [0, 0.1) is 11.6 Å². The van der Waals surface area contributed by atoms with Gasteiger partial charge in [0.25, 0.3) is 0 Å². The Hall–Kier alpha value is -1.59. The Morgan fingerprint density at radius 1 is 1.05 bits per heavy atom. The van der Waals surface area contributed by atoms with Crippen LogP contribution in [0.5, 0.6) is 0 Å². The van der Waals surface area contributed by atoms with Crippen molar-refractivity contribution in [3.63, 3.8) is 0 Å². The van der Waals surface area contributed by atoms with Crippen molar-refractivity contribution in [3.8, 4) is 11.4 Å². The van der Waals surface area contributed by atoms with Gasteiger partial charge in [-0.05, 0) is 30.3 Å². The zero-order valence-electron chi connectivity index (χ0n) is 9.87. The van der Waals surface area contributed by atoms with E-state index in [1.807, 2.05) is 0 Å². The van der Waals surface area contributed by atoms with Gasteiger partial charge in [0.1, 0.15) is 5.15 Å². The van der Waals surface area contributed by atoms with Crippen molar-refractivity contribution in [1.29, 1.82) is 0 Å². The van der Waals surface area contributed by atoms with Gasteiger partial charge >= 0.3 is 0 Å². The van der Waals surface area contributed by atoms with Gasteiger partial charge in [0.05, 0.1) is 11.1 Å². The highest BCUT2D eigenvalue weighted by atomic mass is 79.9. The predicted molar refractivity (Wildman–Crippen MR) is 77.6 cm³/mol. The number of hydrogen-bond donors (Lipinski definition) is 0. The van der Waals surface area contributed by atoms with Crippen LogP contribution < -0.4 is 0 Å². The molecule has 0 aliphatic rings.